The van der Waals surface area contributed by atoms with Crippen molar-refractivity contribution in [3.05, 3.63) is 58.1 Å². The van der Waals surface area contributed by atoms with Gasteiger partial charge in [-0.1, -0.05) is 48.3 Å². The van der Waals surface area contributed by atoms with Crippen LogP contribution in [0.4, 0.5) is 5.69 Å². The van der Waals surface area contributed by atoms with Crippen molar-refractivity contribution in [3.8, 4) is 5.75 Å². The highest BCUT2D eigenvalue weighted by Crippen LogP contribution is 2.30. The highest BCUT2D eigenvalue weighted by Gasteiger charge is 2.29. The molecule has 0 heterocycles. The van der Waals surface area contributed by atoms with Crippen molar-refractivity contribution in [2.75, 3.05) is 30.3 Å². The molecular weight excluding hydrogens is 537 g/mol. The van der Waals surface area contributed by atoms with E-state index in [2.05, 4.69) is 5.32 Å². The van der Waals surface area contributed by atoms with E-state index in [1.165, 1.54) is 9.21 Å². The molecule has 2 rings (SSSR count). The Bertz CT molecular complexity index is 1180. The number of sulfonamides is 1. The van der Waals surface area contributed by atoms with Crippen LogP contribution in [0, 0.1) is 0 Å². The molecular formula is C26H35Cl2N3O5S. The molecule has 1 N–H and O–H groups in total. The van der Waals surface area contributed by atoms with Crippen LogP contribution in [-0.2, 0) is 26.2 Å². The number of hydrogen-bond acceptors (Lipinski definition) is 5. The van der Waals surface area contributed by atoms with Gasteiger partial charge in [0.15, 0.2) is 0 Å². The monoisotopic (exact) mass is 571 g/mol. The number of halogens is 2. The maximum atomic E-state index is 13.5. The van der Waals surface area contributed by atoms with Gasteiger partial charge in [0.05, 0.1) is 18.6 Å². The van der Waals surface area contributed by atoms with Crippen LogP contribution < -0.4 is 14.4 Å². The van der Waals surface area contributed by atoms with E-state index in [0.717, 1.165) is 6.26 Å². The molecule has 2 aromatic carbocycles. The Morgan fingerprint density at radius 2 is 1.78 bits per heavy atom. The second kappa shape index (κ2) is 14.4. The Balaban J connectivity index is 2.27. The summed E-state index contributed by atoms with van der Waals surface area (Å²) in [6, 6.07) is 11.2. The first kappa shape index (κ1) is 30.7. The predicted molar refractivity (Wildman–Crippen MR) is 149 cm³/mol. The zero-order chi connectivity index (χ0) is 27.6. The van der Waals surface area contributed by atoms with Crippen LogP contribution in [0.25, 0.3) is 0 Å². The summed E-state index contributed by atoms with van der Waals surface area (Å²) < 4.78 is 32.1. The highest BCUT2D eigenvalue weighted by molar-refractivity contribution is 7.92. The Hall–Kier alpha value is -2.49. The van der Waals surface area contributed by atoms with Gasteiger partial charge in [0.1, 0.15) is 11.8 Å². The van der Waals surface area contributed by atoms with E-state index >= 15 is 0 Å². The van der Waals surface area contributed by atoms with E-state index in [4.69, 9.17) is 27.9 Å². The molecule has 0 fully saturated rings. The number of nitrogens with zero attached hydrogens (tertiary/aromatic N) is 2. The maximum absolute atomic E-state index is 13.5. The molecule has 0 bridgehead atoms. The van der Waals surface area contributed by atoms with Crippen molar-refractivity contribution in [1.29, 1.82) is 0 Å². The zero-order valence-corrected chi connectivity index (χ0v) is 24.0. The van der Waals surface area contributed by atoms with Gasteiger partial charge in [0.25, 0.3) is 0 Å². The molecule has 37 heavy (non-hydrogen) atoms. The van der Waals surface area contributed by atoms with Gasteiger partial charge in [-0.15, -0.1) is 0 Å². The summed E-state index contributed by atoms with van der Waals surface area (Å²) in [4.78, 5) is 27.7. The first-order chi connectivity index (χ1) is 17.5. The summed E-state index contributed by atoms with van der Waals surface area (Å²) in [5.41, 5.74) is 1.07. The fourth-order valence-electron chi connectivity index (χ4n) is 3.97. The number of amides is 2. The molecule has 0 saturated carbocycles. The Morgan fingerprint density at radius 1 is 1.08 bits per heavy atom. The third-order valence-corrected chi connectivity index (χ3v) is 7.45. The van der Waals surface area contributed by atoms with Crippen LogP contribution in [0.3, 0.4) is 0 Å². The fraction of sp³-hybridized carbons (Fsp3) is 0.462. The van der Waals surface area contributed by atoms with Crippen LogP contribution in [-0.4, -0.2) is 57.1 Å². The van der Waals surface area contributed by atoms with Gasteiger partial charge < -0.3 is 15.0 Å². The molecule has 0 aromatic heterocycles. The van der Waals surface area contributed by atoms with Crippen LogP contribution >= 0.6 is 23.2 Å². The molecule has 2 aromatic rings. The smallest absolute Gasteiger partial charge is 0.242 e. The van der Waals surface area contributed by atoms with Gasteiger partial charge in [-0.05, 0) is 56.5 Å². The van der Waals surface area contributed by atoms with Crippen molar-refractivity contribution in [1.82, 2.24) is 10.2 Å². The molecule has 0 radical (unpaired) electrons. The van der Waals surface area contributed by atoms with Gasteiger partial charge in [-0.2, -0.15) is 0 Å². The molecule has 0 saturated heterocycles. The molecule has 8 nitrogen and oxygen atoms in total. The molecule has 0 spiro atoms. The van der Waals surface area contributed by atoms with Crippen molar-refractivity contribution in [2.24, 2.45) is 0 Å². The van der Waals surface area contributed by atoms with Crippen LogP contribution in [0.15, 0.2) is 42.5 Å². The molecule has 11 heteroatoms. The number of likely N-dealkylation sites (N-methyl/N-ethyl adjacent to an activating group) is 1. The summed E-state index contributed by atoms with van der Waals surface area (Å²) in [5, 5.41) is 3.65. The zero-order valence-electron chi connectivity index (χ0n) is 21.7. The lowest BCUT2D eigenvalue weighted by atomic mass is 10.1. The number of carbonyl (C=O) groups is 2. The topological polar surface area (TPSA) is 96.0 Å². The third kappa shape index (κ3) is 8.79. The number of para-hydroxylation sites is 2. The summed E-state index contributed by atoms with van der Waals surface area (Å²) in [6.07, 6.45) is 1.79. The molecule has 0 aliphatic heterocycles. The average molecular weight is 573 g/mol. The lowest BCUT2D eigenvalue weighted by Gasteiger charge is -2.31. The van der Waals surface area contributed by atoms with Crippen LogP contribution in [0.1, 0.15) is 45.6 Å². The van der Waals surface area contributed by atoms with E-state index in [1.807, 2.05) is 20.8 Å². The van der Waals surface area contributed by atoms with E-state index in [-0.39, 0.29) is 37.7 Å². The minimum Gasteiger partial charge on any atom is -0.492 e. The van der Waals surface area contributed by atoms with Crippen molar-refractivity contribution in [2.45, 2.75) is 52.6 Å². The number of carbonyl (C=O) groups excluding carboxylic acids is 2. The van der Waals surface area contributed by atoms with Gasteiger partial charge in [0.2, 0.25) is 21.8 Å². The molecule has 0 aliphatic carbocycles. The summed E-state index contributed by atoms with van der Waals surface area (Å²) in [6.45, 7) is 6.47. The normalized spacial score (nSPS) is 12.1. The second-order valence-corrected chi connectivity index (χ2v) is 11.2. The Kier molecular flexibility index (Phi) is 12.0. The number of rotatable bonds is 14. The maximum Gasteiger partial charge on any atom is 0.242 e. The molecule has 1 unspecified atom stereocenters. The number of nitrogens with one attached hydrogen (secondary N) is 1. The van der Waals surface area contributed by atoms with Crippen molar-refractivity contribution < 1.29 is 22.7 Å². The Morgan fingerprint density at radius 3 is 2.38 bits per heavy atom. The number of hydrogen-bond donors (Lipinski definition) is 1. The number of ether oxygens (including phenoxy) is 1. The number of benzene rings is 2. The van der Waals surface area contributed by atoms with Gasteiger partial charge >= 0.3 is 0 Å². The summed E-state index contributed by atoms with van der Waals surface area (Å²) in [7, 11) is -3.64. The lowest BCUT2D eigenvalue weighted by Crippen LogP contribution is -2.49. The first-order valence-corrected chi connectivity index (χ1v) is 14.8. The predicted octanol–water partition coefficient (Wildman–Crippen LogP) is 4.88. The SMILES string of the molecule is CCNC(=O)C(CC)N(Cc1ccc(Cl)cc1Cl)C(=O)CCCN(c1ccccc1OCC)S(C)(=O)=O. The largest absolute Gasteiger partial charge is 0.492 e. The van der Waals surface area contributed by atoms with E-state index in [1.54, 1.807) is 42.5 Å². The standard InChI is InChI=1S/C26H35Cl2N3O5S/c1-5-22(26(33)29-6-2)30(18-19-14-15-20(27)17-21(19)28)25(32)13-10-16-31(37(4,34)35)23-11-8-9-12-24(23)36-7-3/h8-9,11-12,14-15,17,22H,5-7,10,13,16,18H2,1-4H3,(H,29,33). The Labute approximate surface area is 229 Å². The summed E-state index contributed by atoms with van der Waals surface area (Å²) in [5.74, 6) is -0.0921. The van der Waals surface area contributed by atoms with Gasteiger partial charge in [-0.25, -0.2) is 8.42 Å². The molecule has 204 valence electrons. The van der Waals surface area contributed by atoms with E-state index < -0.39 is 16.1 Å². The van der Waals surface area contributed by atoms with Gasteiger partial charge in [0, 0.05) is 36.1 Å². The van der Waals surface area contributed by atoms with Crippen LogP contribution in [0.5, 0.6) is 5.75 Å². The summed E-state index contributed by atoms with van der Waals surface area (Å²) >= 11 is 12.4. The number of anilines is 1. The molecule has 1 atom stereocenters. The minimum atomic E-state index is -3.64. The van der Waals surface area contributed by atoms with Crippen molar-refractivity contribution >= 4 is 50.7 Å². The van der Waals surface area contributed by atoms with E-state index in [0.29, 0.717) is 46.6 Å². The van der Waals surface area contributed by atoms with Crippen LogP contribution in [0.2, 0.25) is 10.0 Å². The van der Waals surface area contributed by atoms with E-state index in [9.17, 15) is 18.0 Å². The molecule has 2 amide bonds. The second-order valence-electron chi connectivity index (χ2n) is 8.42. The average Bonchev–Trinajstić information content (AvgIpc) is 2.83. The minimum absolute atomic E-state index is 0.0317. The third-order valence-electron chi connectivity index (χ3n) is 5.68. The first-order valence-electron chi connectivity index (χ1n) is 12.2. The highest BCUT2D eigenvalue weighted by atomic mass is 35.5. The fourth-order valence-corrected chi connectivity index (χ4v) is 5.41. The molecule has 0 aliphatic rings. The van der Waals surface area contributed by atoms with Gasteiger partial charge in [-0.3, -0.25) is 13.9 Å². The van der Waals surface area contributed by atoms with Crippen molar-refractivity contribution in [3.63, 3.8) is 0 Å². The quantitative estimate of drug-likeness (QED) is 0.348. The lowest BCUT2D eigenvalue weighted by molar-refractivity contribution is -0.141.